The van der Waals surface area contributed by atoms with E-state index in [2.05, 4.69) is 12.6 Å². The molecule has 0 saturated carbocycles. The van der Waals surface area contributed by atoms with Gasteiger partial charge in [0.1, 0.15) is 11.5 Å². The molecule has 1 fully saturated rings. The summed E-state index contributed by atoms with van der Waals surface area (Å²) in [6.07, 6.45) is 0.493. The highest BCUT2D eigenvalue weighted by atomic mass is 32.1. The topological polar surface area (TPSA) is 55.6 Å². The van der Waals surface area contributed by atoms with Crippen LogP contribution < -0.4 is 15.4 Å². The van der Waals surface area contributed by atoms with Crippen LogP contribution in [0.5, 0.6) is 11.5 Å². The van der Waals surface area contributed by atoms with E-state index in [9.17, 15) is 4.79 Å². The van der Waals surface area contributed by atoms with Crippen LogP contribution in [0.1, 0.15) is 6.42 Å². The van der Waals surface area contributed by atoms with E-state index in [4.69, 9.17) is 10.5 Å². The molecule has 21 heavy (non-hydrogen) atoms. The summed E-state index contributed by atoms with van der Waals surface area (Å²) in [5, 5.41) is 0.114. The molecule has 0 bridgehead atoms. The normalized spacial score (nSPS) is 18.0. The molecule has 5 heteroatoms. The number of nitrogens with two attached hydrogens (primary N) is 1. The Morgan fingerprint density at radius 3 is 2.14 bits per heavy atom. The van der Waals surface area contributed by atoms with Gasteiger partial charge in [-0.2, -0.15) is 12.6 Å². The maximum absolute atomic E-state index is 11.8. The minimum Gasteiger partial charge on any atom is -0.457 e. The molecule has 1 unspecified atom stereocenters. The number of hydrogen-bond donors (Lipinski definition) is 2. The first-order valence-corrected chi connectivity index (χ1v) is 7.25. The average molecular weight is 300 g/mol. The Labute approximate surface area is 128 Å². The Morgan fingerprint density at radius 1 is 1.05 bits per heavy atom. The smallest absolute Gasteiger partial charge is 0.228 e. The minimum absolute atomic E-state index is 0.113. The van der Waals surface area contributed by atoms with Crippen molar-refractivity contribution in [3.05, 3.63) is 48.5 Å². The van der Waals surface area contributed by atoms with Crippen LogP contribution >= 0.6 is 12.6 Å². The highest BCUT2D eigenvalue weighted by Crippen LogP contribution is 2.28. The van der Waals surface area contributed by atoms with Gasteiger partial charge in [-0.05, 0) is 48.5 Å². The van der Waals surface area contributed by atoms with Gasteiger partial charge in [-0.25, -0.2) is 0 Å². The number of anilines is 2. The Bertz CT molecular complexity index is 640. The van der Waals surface area contributed by atoms with Crippen molar-refractivity contribution in [2.24, 2.45) is 0 Å². The van der Waals surface area contributed by atoms with Crippen molar-refractivity contribution in [3.8, 4) is 11.5 Å². The number of carbonyl (C=O) groups excluding carboxylic acids is 1. The maximum atomic E-state index is 11.8. The summed E-state index contributed by atoms with van der Waals surface area (Å²) in [4.78, 5) is 13.6. The molecule has 0 spiro atoms. The van der Waals surface area contributed by atoms with Gasteiger partial charge < -0.3 is 15.4 Å². The van der Waals surface area contributed by atoms with E-state index in [1.807, 2.05) is 36.4 Å². The molecule has 1 amide bonds. The zero-order valence-electron chi connectivity index (χ0n) is 11.4. The second kappa shape index (κ2) is 5.69. The van der Waals surface area contributed by atoms with E-state index < -0.39 is 0 Å². The fourth-order valence-corrected chi connectivity index (χ4v) is 2.62. The lowest BCUT2D eigenvalue weighted by Crippen LogP contribution is -2.24. The summed E-state index contributed by atoms with van der Waals surface area (Å²) in [6.45, 7) is 0.653. The molecule has 0 aromatic heterocycles. The van der Waals surface area contributed by atoms with Gasteiger partial charge >= 0.3 is 0 Å². The Hall–Kier alpha value is -2.14. The molecule has 1 aliphatic heterocycles. The lowest BCUT2D eigenvalue weighted by atomic mass is 10.2. The standard InChI is InChI=1S/C16H16N2O2S/c17-11-1-5-13(6-2-11)20-14-7-3-12(4-8-14)18-10-15(21)9-16(18)19/h1-8,15,21H,9-10,17H2. The monoisotopic (exact) mass is 300 g/mol. The molecule has 108 valence electrons. The fraction of sp³-hybridized carbons (Fsp3) is 0.188. The number of benzene rings is 2. The summed E-state index contributed by atoms with van der Waals surface area (Å²) in [7, 11) is 0. The molecular formula is C16H16N2O2S. The lowest BCUT2D eigenvalue weighted by Gasteiger charge is -2.16. The minimum atomic E-state index is 0.113. The number of carbonyl (C=O) groups is 1. The molecule has 2 N–H and O–H groups in total. The predicted molar refractivity (Wildman–Crippen MR) is 87.1 cm³/mol. The number of nitrogens with zero attached hydrogens (tertiary/aromatic N) is 1. The van der Waals surface area contributed by atoms with Gasteiger partial charge in [0.2, 0.25) is 5.91 Å². The van der Waals surface area contributed by atoms with Crippen LogP contribution in [0.2, 0.25) is 0 Å². The van der Waals surface area contributed by atoms with Gasteiger partial charge in [0.15, 0.2) is 0 Å². The Kier molecular flexibility index (Phi) is 3.75. The molecule has 2 aromatic rings. The molecule has 0 aliphatic carbocycles. The third kappa shape index (κ3) is 3.13. The maximum Gasteiger partial charge on any atom is 0.228 e. The molecule has 1 saturated heterocycles. The van der Waals surface area contributed by atoms with Crippen molar-refractivity contribution in [2.45, 2.75) is 11.7 Å². The summed E-state index contributed by atoms with van der Waals surface area (Å²) < 4.78 is 5.72. The number of ether oxygens (including phenoxy) is 1. The predicted octanol–water partition coefficient (Wildman–Crippen LogP) is 3.10. The fourth-order valence-electron chi connectivity index (χ4n) is 2.30. The van der Waals surface area contributed by atoms with Crippen LogP contribution in [-0.2, 0) is 4.79 Å². The summed E-state index contributed by atoms with van der Waals surface area (Å²) in [6, 6.07) is 14.7. The van der Waals surface area contributed by atoms with E-state index in [1.54, 1.807) is 17.0 Å². The molecule has 2 aromatic carbocycles. The Balaban J connectivity index is 1.72. The molecule has 1 aliphatic rings. The van der Waals surface area contributed by atoms with Crippen molar-refractivity contribution in [3.63, 3.8) is 0 Å². The largest absolute Gasteiger partial charge is 0.457 e. The first kappa shape index (κ1) is 13.8. The Morgan fingerprint density at radius 2 is 1.62 bits per heavy atom. The third-order valence-electron chi connectivity index (χ3n) is 3.37. The van der Waals surface area contributed by atoms with Gasteiger partial charge in [0.25, 0.3) is 0 Å². The van der Waals surface area contributed by atoms with Crippen molar-refractivity contribution < 1.29 is 9.53 Å². The number of rotatable bonds is 3. The number of thiol groups is 1. The second-order valence-electron chi connectivity index (χ2n) is 5.03. The zero-order chi connectivity index (χ0) is 14.8. The quantitative estimate of drug-likeness (QED) is 0.676. The van der Waals surface area contributed by atoms with Crippen LogP contribution in [0.3, 0.4) is 0 Å². The average Bonchev–Trinajstić information content (AvgIpc) is 2.81. The van der Waals surface area contributed by atoms with Crippen LogP contribution in [0.15, 0.2) is 48.5 Å². The van der Waals surface area contributed by atoms with Crippen LogP contribution in [0.4, 0.5) is 11.4 Å². The van der Waals surface area contributed by atoms with E-state index in [0.717, 1.165) is 17.2 Å². The van der Waals surface area contributed by atoms with Gasteiger partial charge in [-0.1, -0.05) is 0 Å². The van der Waals surface area contributed by atoms with E-state index >= 15 is 0 Å². The van der Waals surface area contributed by atoms with Gasteiger partial charge in [-0.15, -0.1) is 0 Å². The van der Waals surface area contributed by atoms with Crippen LogP contribution in [0.25, 0.3) is 0 Å². The van der Waals surface area contributed by atoms with Crippen molar-refractivity contribution in [1.29, 1.82) is 0 Å². The van der Waals surface area contributed by atoms with E-state index in [0.29, 0.717) is 18.7 Å². The SMILES string of the molecule is Nc1ccc(Oc2ccc(N3CC(S)CC3=O)cc2)cc1. The highest BCUT2D eigenvalue weighted by molar-refractivity contribution is 7.81. The lowest BCUT2D eigenvalue weighted by molar-refractivity contribution is -0.117. The number of amides is 1. The summed E-state index contributed by atoms with van der Waals surface area (Å²) in [5.74, 6) is 1.56. The first-order valence-electron chi connectivity index (χ1n) is 6.74. The van der Waals surface area contributed by atoms with E-state index in [1.165, 1.54) is 0 Å². The van der Waals surface area contributed by atoms with Crippen LogP contribution in [0, 0.1) is 0 Å². The molecule has 0 radical (unpaired) electrons. The summed E-state index contributed by atoms with van der Waals surface area (Å²) >= 11 is 4.36. The molecule has 4 nitrogen and oxygen atoms in total. The van der Waals surface area contributed by atoms with Crippen molar-refractivity contribution >= 4 is 29.9 Å². The highest BCUT2D eigenvalue weighted by Gasteiger charge is 2.28. The molecule has 1 atom stereocenters. The third-order valence-corrected chi connectivity index (χ3v) is 3.71. The zero-order valence-corrected chi connectivity index (χ0v) is 12.3. The van der Waals surface area contributed by atoms with Gasteiger partial charge in [-0.3, -0.25) is 4.79 Å². The number of hydrogen-bond acceptors (Lipinski definition) is 4. The molecular weight excluding hydrogens is 284 g/mol. The van der Waals surface area contributed by atoms with Crippen LogP contribution in [-0.4, -0.2) is 17.7 Å². The molecule has 1 heterocycles. The summed E-state index contributed by atoms with van der Waals surface area (Å²) in [5.41, 5.74) is 7.21. The van der Waals surface area contributed by atoms with Crippen molar-refractivity contribution in [2.75, 3.05) is 17.2 Å². The van der Waals surface area contributed by atoms with Gasteiger partial charge in [0, 0.05) is 29.6 Å². The van der Waals surface area contributed by atoms with E-state index in [-0.39, 0.29) is 11.2 Å². The second-order valence-corrected chi connectivity index (χ2v) is 5.76. The number of nitrogen functional groups attached to an aromatic ring is 1. The molecule has 3 rings (SSSR count). The van der Waals surface area contributed by atoms with Crippen molar-refractivity contribution in [1.82, 2.24) is 0 Å². The van der Waals surface area contributed by atoms with Gasteiger partial charge in [0.05, 0.1) is 0 Å². The first-order chi connectivity index (χ1) is 10.1.